The molecular formula is C15H24N2OS. The molecule has 1 atom stereocenters. The predicted molar refractivity (Wildman–Crippen MR) is 85.1 cm³/mol. The second-order valence-corrected chi connectivity index (χ2v) is 5.99. The maximum absolute atomic E-state index is 12.3. The molecule has 2 N–H and O–H groups in total. The van der Waals surface area contributed by atoms with Crippen LogP contribution < -0.4 is 10.6 Å². The van der Waals surface area contributed by atoms with Crippen molar-refractivity contribution in [2.24, 2.45) is 0 Å². The van der Waals surface area contributed by atoms with E-state index in [0.717, 1.165) is 17.9 Å². The first-order valence-electron chi connectivity index (χ1n) is 6.70. The fourth-order valence-electron chi connectivity index (χ4n) is 1.79. The van der Waals surface area contributed by atoms with Crippen LogP contribution in [0.1, 0.15) is 37.6 Å². The minimum Gasteiger partial charge on any atom is -0.382 e. The van der Waals surface area contributed by atoms with Crippen LogP contribution in [0.3, 0.4) is 0 Å². The number of carbonyl (C=O) groups excluding carboxylic acids is 1. The number of carbonyl (C=O) groups is 1. The van der Waals surface area contributed by atoms with Crippen LogP contribution in [-0.4, -0.2) is 30.0 Å². The van der Waals surface area contributed by atoms with Crippen molar-refractivity contribution in [3.05, 3.63) is 29.8 Å². The van der Waals surface area contributed by atoms with E-state index in [1.165, 1.54) is 0 Å². The monoisotopic (exact) mass is 280 g/mol. The number of hydrogen-bond donors (Lipinski definition) is 2. The minimum absolute atomic E-state index is 0.00245. The summed E-state index contributed by atoms with van der Waals surface area (Å²) in [7, 11) is 0. The molecule has 1 aromatic carbocycles. The number of nitrogens with one attached hydrogen (secondary N) is 2. The van der Waals surface area contributed by atoms with Gasteiger partial charge < -0.3 is 10.6 Å². The van der Waals surface area contributed by atoms with Crippen LogP contribution >= 0.6 is 11.8 Å². The molecule has 1 amide bonds. The van der Waals surface area contributed by atoms with Gasteiger partial charge in [0.25, 0.3) is 5.91 Å². The number of amides is 1. The summed E-state index contributed by atoms with van der Waals surface area (Å²) < 4.78 is 0. The highest BCUT2D eigenvalue weighted by Crippen LogP contribution is 2.16. The highest BCUT2D eigenvalue weighted by atomic mass is 32.2. The first-order chi connectivity index (χ1) is 9.04. The molecule has 0 aromatic heterocycles. The van der Waals surface area contributed by atoms with E-state index in [9.17, 15) is 4.79 Å². The van der Waals surface area contributed by atoms with Crippen LogP contribution in [0.4, 0.5) is 5.69 Å². The van der Waals surface area contributed by atoms with E-state index in [1.54, 1.807) is 11.8 Å². The van der Waals surface area contributed by atoms with Crippen molar-refractivity contribution in [2.45, 2.75) is 39.3 Å². The van der Waals surface area contributed by atoms with E-state index in [4.69, 9.17) is 0 Å². The van der Waals surface area contributed by atoms with E-state index >= 15 is 0 Å². The van der Waals surface area contributed by atoms with Crippen molar-refractivity contribution in [3.8, 4) is 0 Å². The quantitative estimate of drug-likeness (QED) is 0.804. The summed E-state index contributed by atoms with van der Waals surface area (Å²) in [5.74, 6) is 1.06. The van der Waals surface area contributed by atoms with Gasteiger partial charge in [0.05, 0.1) is 5.56 Å². The number of thioether (sulfide) groups is 1. The lowest BCUT2D eigenvalue weighted by Gasteiger charge is -2.17. The Bertz CT molecular complexity index is 407. The van der Waals surface area contributed by atoms with E-state index in [1.807, 2.05) is 31.2 Å². The Balaban J connectivity index is 2.70. The highest BCUT2D eigenvalue weighted by Gasteiger charge is 2.13. The average molecular weight is 280 g/mol. The predicted octanol–water partition coefficient (Wildman–Crippen LogP) is 3.38. The summed E-state index contributed by atoms with van der Waals surface area (Å²) in [6, 6.07) is 8.16. The fraction of sp³-hybridized carbons (Fsp3) is 0.533. The number of hydrogen-bond acceptors (Lipinski definition) is 3. The smallest absolute Gasteiger partial charge is 0.253 e. The van der Waals surface area contributed by atoms with E-state index in [0.29, 0.717) is 11.6 Å². The van der Waals surface area contributed by atoms with Gasteiger partial charge in [0.15, 0.2) is 0 Å². The van der Waals surface area contributed by atoms with Gasteiger partial charge in [-0.15, -0.1) is 0 Å². The maximum atomic E-state index is 12.3. The fourth-order valence-corrected chi connectivity index (χ4v) is 2.38. The summed E-state index contributed by atoms with van der Waals surface area (Å²) in [6.45, 7) is 6.18. The normalized spacial score (nSPS) is 12.3. The van der Waals surface area contributed by atoms with Gasteiger partial charge in [-0.3, -0.25) is 4.79 Å². The Kier molecular flexibility index (Phi) is 6.78. The number of para-hydroxylation sites is 1. The van der Waals surface area contributed by atoms with E-state index < -0.39 is 0 Å². The molecule has 4 heteroatoms. The Labute approximate surface area is 120 Å². The van der Waals surface area contributed by atoms with Gasteiger partial charge in [-0.1, -0.05) is 12.1 Å². The first kappa shape index (κ1) is 15.9. The van der Waals surface area contributed by atoms with Crippen molar-refractivity contribution in [3.63, 3.8) is 0 Å². The van der Waals surface area contributed by atoms with Crippen molar-refractivity contribution in [1.82, 2.24) is 5.32 Å². The van der Waals surface area contributed by atoms with Crippen LogP contribution in [0.2, 0.25) is 0 Å². The zero-order chi connectivity index (χ0) is 14.3. The molecule has 0 aliphatic rings. The second-order valence-electron chi connectivity index (χ2n) is 5.00. The molecule has 0 aliphatic carbocycles. The van der Waals surface area contributed by atoms with Gasteiger partial charge in [-0.05, 0) is 51.3 Å². The van der Waals surface area contributed by atoms with Gasteiger partial charge >= 0.3 is 0 Å². The van der Waals surface area contributed by atoms with Gasteiger partial charge in [-0.25, -0.2) is 0 Å². The summed E-state index contributed by atoms with van der Waals surface area (Å²) in [5, 5.41) is 6.36. The third-order valence-corrected chi connectivity index (χ3v) is 3.39. The molecule has 0 heterocycles. The molecule has 0 saturated carbocycles. The minimum atomic E-state index is -0.00245. The average Bonchev–Trinajstić information content (AvgIpc) is 2.36. The molecule has 1 aromatic rings. The Morgan fingerprint density at radius 1 is 1.26 bits per heavy atom. The zero-order valence-corrected chi connectivity index (χ0v) is 13.0. The van der Waals surface area contributed by atoms with Crippen LogP contribution in [0.25, 0.3) is 0 Å². The SMILES string of the molecule is CSCCC(C)NC(=O)c1ccccc1NC(C)C. The lowest BCUT2D eigenvalue weighted by Crippen LogP contribution is -2.33. The summed E-state index contributed by atoms with van der Waals surface area (Å²) in [4.78, 5) is 12.3. The van der Waals surface area contributed by atoms with Crippen LogP contribution in [0, 0.1) is 0 Å². The largest absolute Gasteiger partial charge is 0.382 e. The molecule has 0 aliphatic heterocycles. The Morgan fingerprint density at radius 2 is 1.95 bits per heavy atom. The molecule has 0 radical (unpaired) electrons. The highest BCUT2D eigenvalue weighted by molar-refractivity contribution is 7.98. The first-order valence-corrected chi connectivity index (χ1v) is 8.09. The van der Waals surface area contributed by atoms with Crippen molar-refractivity contribution >= 4 is 23.4 Å². The Hall–Kier alpha value is -1.16. The molecule has 19 heavy (non-hydrogen) atoms. The van der Waals surface area contributed by atoms with Gasteiger partial charge in [0.2, 0.25) is 0 Å². The molecule has 0 bridgehead atoms. The summed E-state index contributed by atoms with van der Waals surface area (Å²) >= 11 is 1.80. The maximum Gasteiger partial charge on any atom is 0.253 e. The Morgan fingerprint density at radius 3 is 2.58 bits per heavy atom. The van der Waals surface area contributed by atoms with E-state index in [2.05, 4.69) is 30.7 Å². The van der Waals surface area contributed by atoms with Gasteiger partial charge in [0.1, 0.15) is 0 Å². The van der Waals surface area contributed by atoms with Crippen molar-refractivity contribution in [1.29, 1.82) is 0 Å². The third-order valence-electron chi connectivity index (χ3n) is 2.75. The summed E-state index contributed by atoms with van der Waals surface area (Å²) in [6.07, 6.45) is 3.07. The standard InChI is InChI=1S/C15H24N2OS/c1-11(2)16-14-8-6-5-7-13(14)15(18)17-12(3)9-10-19-4/h5-8,11-12,16H,9-10H2,1-4H3,(H,17,18). The van der Waals surface area contributed by atoms with Gasteiger partial charge in [-0.2, -0.15) is 11.8 Å². The molecule has 0 spiro atoms. The van der Waals surface area contributed by atoms with Crippen LogP contribution in [0.15, 0.2) is 24.3 Å². The molecule has 106 valence electrons. The molecule has 1 rings (SSSR count). The third kappa shape index (κ3) is 5.55. The molecule has 3 nitrogen and oxygen atoms in total. The molecular weight excluding hydrogens is 256 g/mol. The number of benzene rings is 1. The van der Waals surface area contributed by atoms with Crippen molar-refractivity contribution in [2.75, 3.05) is 17.3 Å². The summed E-state index contributed by atoms with van der Waals surface area (Å²) in [5.41, 5.74) is 1.61. The number of anilines is 1. The topological polar surface area (TPSA) is 41.1 Å². The zero-order valence-electron chi connectivity index (χ0n) is 12.2. The van der Waals surface area contributed by atoms with E-state index in [-0.39, 0.29) is 11.9 Å². The lowest BCUT2D eigenvalue weighted by molar-refractivity contribution is 0.0940. The lowest BCUT2D eigenvalue weighted by atomic mass is 10.1. The van der Waals surface area contributed by atoms with Crippen molar-refractivity contribution < 1.29 is 4.79 Å². The van der Waals surface area contributed by atoms with Crippen LogP contribution in [-0.2, 0) is 0 Å². The molecule has 1 unspecified atom stereocenters. The molecule has 0 saturated heterocycles. The van der Waals surface area contributed by atoms with Gasteiger partial charge in [0, 0.05) is 17.8 Å². The van der Waals surface area contributed by atoms with Crippen LogP contribution in [0.5, 0.6) is 0 Å². The number of rotatable bonds is 7. The molecule has 0 fully saturated rings. The second kappa shape index (κ2) is 8.10.